The van der Waals surface area contributed by atoms with E-state index in [4.69, 9.17) is 23.2 Å². The molecule has 1 aliphatic rings. The van der Waals surface area contributed by atoms with E-state index in [0.29, 0.717) is 34.8 Å². The second-order valence-corrected chi connectivity index (χ2v) is 7.45. The normalized spacial score (nSPS) is 15.7. The highest BCUT2D eigenvalue weighted by molar-refractivity contribution is 6.33. The molecule has 0 saturated carbocycles. The highest BCUT2D eigenvalue weighted by Crippen LogP contribution is 2.34. The first-order chi connectivity index (χ1) is 14.0. The topological polar surface area (TPSA) is 80.1 Å². The summed E-state index contributed by atoms with van der Waals surface area (Å²) in [6, 6.07) is 9.73. The van der Waals surface area contributed by atoms with Crippen molar-refractivity contribution in [2.24, 2.45) is 7.05 Å². The monoisotopic (exact) mass is 429 g/mol. The molecule has 3 aromatic rings. The maximum atomic E-state index is 13.0. The fourth-order valence-electron chi connectivity index (χ4n) is 3.49. The van der Waals surface area contributed by atoms with Crippen molar-refractivity contribution in [2.45, 2.75) is 12.5 Å². The zero-order valence-corrected chi connectivity index (χ0v) is 17.0. The molecule has 1 N–H and O–H groups in total. The van der Waals surface area contributed by atoms with Gasteiger partial charge < -0.3 is 10.2 Å². The number of fused-ring (bicyclic) bond motifs is 1. The quantitative estimate of drug-likeness (QED) is 0.644. The Balaban J connectivity index is 1.62. The van der Waals surface area contributed by atoms with E-state index in [2.05, 4.69) is 15.4 Å². The van der Waals surface area contributed by atoms with Crippen molar-refractivity contribution in [3.63, 3.8) is 0 Å². The first kappa shape index (κ1) is 19.4. The van der Waals surface area contributed by atoms with Crippen LogP contribution in [-0.4, -0.2) is 33.1 Å². The van der Waals surface area contributed by atoms with Gasteiger partial charge in [-0.2, -0.15) is 5.10 Å². The summed E-state index contributed by atoms with van der Waals surface area (Å²) in [6.07, 6.45) is 3.66. The second-order valence-electron chi connectivity index (χ2n) is 6.66. The van der Waals surface area contributed by atoms with Crippen LogP contribution in [0.3, 0.4) is 0 Å². The smallest absolute Gasteiger partial charge is 0.258 e. The molecule has 2 aromatic heterocycles. The number of carbonyl (C=O) groups is 2. The summed E-state index contributed by atoms with van der Waals surface area (Å²) in [5.41, 5.74) is 2.26. The highest BCUT2D eigenvalue weighted by atomic mass is 35.5. The van der Waals surface area contributed by atoms with Crippen LogP contribution in [0.4, 0.5) is 5.69 Å². The molecule has 0 spiro atoms. The molecule has 29 heavy (non-hydrogen) atoms. The Hall–Kier alpha value is -2.90. The number of rotatable bonds is 3. The van der Waals surface area contributed by atoms with E-state index in [0.717, 1.165) is 5.69 Å². The third kappa shape index (κ3) is 3.71. The lowest BCUT2D eigenvalue weighted by molar-refractivity contribution is 0.0931. The molecule has 1 atom stereocenters. The number of aryl methyl sites for hydroxylation is 1. The van der Waals surface area contributed by atoms with Crippen molar-refractivity contribution in [3.8, 4) is 0 Å². The molecule has 0 aliphatic carbocycles. The Labute approximate surface area is 177 Å². The van der Waals surface area contributed by atoms with Gasteiger partial charge >= 0.3 is 0 Å². The maximum absolute atomic E-state index is 13.0. The van der Waals surface area contributed by atoms with Crippen LogP contribution in [0, 0.1) is 0 Å². The lowest BCUT2D eigenvalue weighted by Gasteiger charge is -2.32. The minimum atomic E-state index is -0.300. The van der Waals surface area contributed by atoms with Crippen LogP contribution in [0.5, 0.6) is 0 Å². The molecule has 2 amide bonds. The number of benzene rings is 1. The van der Waals surface area contributed by atoms with Crippen molar-refractivity contribution in [2.75, 3.05) is 11.4 Å². The van der Waals surface area contributed by atoms with Gasteiger partial charge in [-0.1, -0.05) is 35.3 Å². The van der Waals surface area contributed by atoms with Crippen LogP contribution < -0.4 is 10.2 Å². The fraction of sp³-hybridized carbons (Fsp3) is 0.200. The van der Waals surface area contributed by atoms with Crippen molar-refractivity contribution in [1.82, 2.24) is 20.1 Å². The number of aromatic nitrogens is 3. The second kappa shape index (κ2) is 7.85. The number of nitrogens with one attached hydrogen (secondary N) is 1. The molecule has 4 rings (SSSR count). The zero-order chi connectivity index (χ0) is 20.5. The number of carbonyl (C=O) groups excluding carboxylic acids is 2. The van der Waals surface area contributed by atoms with E-state index in [1.165, 1.54) is 12.3 Å². The lowest BCUT2D eigenvalue weighted by atomic mass is 10.0. The minimum absolute atomic E-state index is 0.195. The largest absolute Gasteiger partial charge is 0.343 e. The fourth-order valence-corrected chi connectivity index (χ4v) is 3.88. The number of hydrogen-bond donors (Lipinski definition) is 1. The van der Waals surface area contributed by atoms with Gasteiger partial charge in [0, 0.05) is 25.4 Å². The summed E-state index contributed by atoms with van der Waals surface area (Å²) >= 11 is 12.1. The first-order valence-corrected chi connectivity index (χ1v) is 9.72. The predicted molar refractivity (Wildman–Crippen MR) is 110 cm³/mol. The average molecular weight is 430 g/mol. The Morgan fingerprint density at radius 3 is 2.76 bits per heavy atom. The van der Waals surface area contributed by atoms with E-state index in [-0.39, 0.29) is 23.0 Å². The third-order valence-corrected chi connectivity index (χ3v) is 5.41. The summed E-state index contributed by atoms with van der Waals surface area (Å²) in [5, 5.41) is 7.95. The van der Waals surface area contributed by atoms with Crippen LogP contribution in [0.1, 0.15) is 38.9 Å². The van der Waals surface area contributed by atoms with Crippen LogP contribution >= 0.6 is 23.2 Å². The van der Waals surface area contributed by atoms with Crippen LogP contribution in [0.15, 0.2) is 48.8 Å². The molecule has 148 valence electrons. The molecule has 0 fully saturated rings. The molecule has 0 bridgehead atoms. The van der Waals surface area contributed by atoms with Crippen LogP contribution in [0.2, 0.25) is 10.2 Å². The van der Waals surface area contributed by atoms with Gasteiger partial charge in [-0.25, -0.2) is 4.98 Å². The summed E-state index contributed by atoms with van der Waals surface area (Å²) in [4.78, 5) is 31.3. The van der Waals surface area contributed by atoms with Gasteiger partial charge in [-0.3, -0.25) is 14.3 Å². The summed E-state index contributed by atoms with van der Waals surface area (Å²) in [5.74, 6) is -0.465. The van der Waals surface area contributed by atoms with Gasteiger partial charge in [0.25, 0.3) is 11.8 Å². The molecular formula is C20H17Cl2N5O2. The Bertz CT molecular complexity index is 1100. The van der Waals surface area contributed by atoms with E-state index in [1.54, 1.807) is 53.2 Å². The predicted octanol–water partition coefficient (Wildman–Crippen LogP) is 3.64. The highest BCUT2D eigenvalue weighted by Gasteiger charge is 2.33. The first-order valence-electron chi connectivity index (χ1n) is 8.96. The number of halogens is 2. The van der Waals surface area contributed by atoms with Crippen LogP contribution in [-0.2, 0) is 7.05 Å². The van der Waals surface area contributed by atoms with Gasteiger partial charge in [-0.15, -0.1) is 0 Å². The average Bonchev–Trinajstić information content (AvgIpc) is 3.10. The van der Waals surface area contributed by atoms with Crippen LogP contribution in [0.25, 0.3) is 0 Å². The minimum Gasteiger partial charge on any atom is -0.343 e. The number of hydrogen-bond acceptors (Lipinski definition) is 4. The molecular weight excluding hydrogens is 413 g/mol. The van der Waals surface area contributed by atoms with Crippen molar-refractivity contribution in [1.29, 1.82) is 0 Å². The van der Waals surface area contributed by atoms with Gasteiger partial charge in [0.1, 0.15) is 5.15 Å². The zero-order valence-electron chi connectivity index (χ0n) is 15.5. The maximum Gasteiger partial charge on any atom is 0.258 e. The molecule has 1 unspecified atom stereocenters. The Kier molecular flexibility index (Phi) is 5.25. The Morgan fingerprint density at radius 2 is 2.00 bits per heavy atom. The summed E-state index contributed by atoms with van der Waals surface area (Å²) in [6.45, 7) is 0.422. The Morgan fingerprint density at radius 1 is 1.21 bits per heavy atom. The van der Waals surface area contributed by atoms with Crippen molar-refractivity contribution in [3.05, 3.63) is 75.8 Å². The summed E-state index contributed by atoms with van der Waals surface area (Å²) < 4.78 is 1.67. The molecule has 0 radical (unpaired) electrons. The number of pyridine rings is 1. The van der Waals surface area contributed by atoms with E-state index < -0.39 is 0 Å². The standard InChI is InChI=1S/C20H17Cl2N5O2/c1-26-18-15(25-19(28)13-4-2-3-5-14(13)21)7-9-27(16(18)11-24-26)20(29)12-6-8-23-17(22)10-12/h2-6,8,10-11,15H,7,9H2,1H3,(H,25,28). The molecule has 1 aliphatic heterocycles. The van der Waals surface area contributed by atoms with Gasteiger partial charge in [0.05, 0.1) is 34.2 Å². The lowest BCUT2D eigenvalue weighted by Crippen LogP contribution is -2.41. The van der Waals surface area contributed by atoms with E-state index in [1.807, 2.05) is 0 Å². The van der Waals surface area contributed by atoms with E-state index in [9.17, 15) is 9.59 Å². The molecule has 3 heterocycles. The third-order valence-electron chi connectivity index (χ3n) is 4.87. The van der Waals surface area contributed by atoms with Gasteiger partial charge in [0.2, 0.25) is 0 Å². The molecule has 0 saturated heterocycles. The van der Waals surface area contributed by atoms with Gasteiger partial charge in [0.15, 0.2) is 0 Å². The van der Waals surface area contributed by atoms with Gasteiger partial charge in [-0.05, 0) is 30.7 Å². The molecule has 1 aromatic carbocycles. The molecule has 9 heteroatoms. The van der Waals surface area contributed by atoms with Crippen molar-refractivity contribution >= 4 is 40.7 Å². The van der Waals surface area contributed by atoms with E-state index >= 15 is 0 Å². The van der Waals surface area contributed by atoms with Crippen molar-refractivity contribution < 1.29 is 9.59 Å². The number of anilines is 1. The number of nitrogens with zero attached hydrogens (tertiary/aromatic N) is 4. The molecule has 7 nitrogen and oxygen atoms in total. The number of amides is 2. The SMILES string of the molecule is Cn1ncc2c1C(NC(=O)c1ccccc1Cl)CCN2C(=O)c1ccnc(Cl)c1. The summed E-state index contributed by atoms with van der Waals surface area (Å²) in [7, 11) is 1.78.